The molecular weight excluding hydrogens is 200 g/mol. The van der Waals surface area contributed by atoms with Crippen LogP contribution in [0.5, 0.6) is 0 Å². The van der Waals surface area contributed by atoms with Gasteiger partial charge in [-0.1, -0.05) is 13.8 Å². The Kier molecular flexibility index (Phi) is 4.36. The molecule has 94 valence electrons. The van der Waals surface area contributed by atoms with Gasteiger partial charge in [-0.3, -0.25) is 4.79 Å². The van der Waals surface area contributed by atoms with Gasteiger partial charge in [-0.05, 0) is 44.9 Å². The number of primary amides is 1. The van der Waals surface area contributed by atoms with Crippen molar-refractivity contribution in [1.29, 1.82) is 0 Å². The highest BCUT2D eigenvalue weighted by molar-refractivity contribution is 5.75. The number of hydrogen-bond donors (Lipinski definition) is 2. The highest BCUT2D eigenvalue weighted by atomic mass is 16.1. The van der Waals surface area contributed by atoms with Crippen molar-refractivity contribution in [3.63, 3.8) is 0 Å². The van der Waals surface area contributed by atoms with Crippen LogP contribution in [0.3, 0.4) is 0 Å². The number of amides is 1. The molecule has 0 aromatic carbocycles. The number of rotatable bonds is 4. The number of carbonyl (C=O) groups is 1. The monoisotopic (exact) mass is 226 g/mol. The molecule has 0 spiro atoms. The first-order valence-corrected chi connectivity index (χ1v) is 6.36. The molecule has 1 aliphatic carbocycles. The second-order valence-corrected chi connectivity index (χ2v) is 6.14. The Morgan fingerprint density at radius 1 is 1.31 bits per heavy atom. The van der Waals surface area contributed by atoms with Gasteiger partial charge in [0.25, 0.3) is 0 Å². The molecule has 1 rings (SSSR count). The number of nitrogens with two attached hydrogens (primary N) is 1. The zero-order valence-electron chi connectivity index (χ0n) is 11.0. The van der Waals surface area contributed by atoms with Crippen molar-refractivity contribution in [3.05, 3.63) is 0 Å². The van der Waals surface area contributed by atoms with Gasteiger partial charge < -0.3 is 11.1 Å². The Hall–Kier alpha value is -0.570. The van der Waals surface area contributed by atoms with E-state index in [0.29, 0.717) is 12.5 Å². The first-order valence-electron chi connectivity index (χ1n) is 6.36. The summed E-state index contributed by atoms with van der Waals surface area (Å²) in [4.78, 5) is 11.0. The fraction of sp³-hybridized carbons (Fsp3) is 0.923. The molecule has 16 heavy (non-hydrogen) atoms. The van der Waals surface area contributed by atoms with Crippen molar-refractivity contribution >= 4 is 5.91 Å². The lowest BCUT2D eigenvalue weighted by molar-refractivity contribution is -0.119. The van der Waals surface area contributed by atoms with E-state index >= 15 is 0 Å². The van der Waals surface area contributed by atoms with E-state index in [1.54, 1.807) is 0 Å². The fourth-order valence-electron chi connectivity index (χ4n) is 2.72. The standard InChI is InChI=1S/C13H26N2O/c1-9-5-6-11(7-10(9)2)15-13(3,4)8-12(14)16/h9-11,15H,5-8H2,1-4H3,(H2,14,16). The third-order valence-electron chi connectivity index (χ3n) is 3.81. The van der Waals surface area contributed by atoms with E-state index in [0.717, 1.165) is 11.8 Å². The maximum absolute atomic E-state index is 11.0. The van der Waals surface area contributed by atoms with Crippen molar-refractivity contribution in [3.8, 4) is 0 Å². The van der Waals surface area contributed by atoms with Crippen molar-refractivity contribution in [2.24, 2.45) is 17.6 Å². The predicted molar refractivity (Wildman–Crippen MR) is 67.0 cm³/mol. The molecule has 3 atom stereocenters. The van der Waals surface area contributed by atoms with Crippen molar-refractivity contribution in [2.45, 2.75) is 65.0 Å². The summed E-state index contributed by atoms with van der Waals surface area (Å²) in [6.45, 7) is 8.76. The van der Waals surface area contributed by atoms with E-state index in [4.69, 9.17) is 5.73 Å². The SMILES string of the molecule is CC1CCC(NC(C)(C)CC(N)=O)CC1C. The molecule has 3 unspecified atom stereocenters. The summed E-state index contributed by atoms with van der Waals surface area (Å²) in [5.41, 5.74) is 5.08. The predicted octanol–water partition coefficient (Wildman–Crippen LogP) is 2.05. The van der Waals surface area contributed by atoms with E-state index in [2.05, 4.69) is 33.0 Å². The molecule has 0 bridgehead atoms. The highest BCUT2D eigenvalue weighted by Gasteiger charge is 2.29. The second kappa shape index (κ2) is 5.17. The zero-order chi connectivity index (χ0) is 12.3. The average Bonchev–Trinajstić information content (AvgIpc) is 2.08. The maximum atomic E-state index is 11.0. The van der Waals surface area contributed by atoms with Crippen LogP contribution >= 0.6 is 0 Å². The summed E-state index contributed by atoms with van der Waals surface area (Å²) in [6, 6.07) is 0.542. The molecule has 0 heterocycles. The molecule has 1 aliphatic rings. The van der Waals surface area contributed by atoms with Crippen LogP contribution < -0.4 is 11.1 Å². The molecular formula is C13H26N2O. The summed E-state index contributed by atoms with van der Waals surface area (Å²) in [6.07, 6.45) is 4.12. The lowest BCUT2D eigenvalue weighted by atomic mass is 9.78. The third-order valence-corrected chi connectivity index (χ3v) is 3.81. The first kappa shape index (κ1) is 13.5. The Balaban J connectivity index is 2.45. The van der Waals surface area contributed by atoms with Crippen molar-refractivity contribution in [1.82, 2.24) is 5.32 Å². The molecule has 0 aromatic heterocycles. The van der Waals surface area contributed by atoms with E-state index < -0.39 is 0 Å². The Morgan fingerprint density at radius 2 is 1.94 bits per heavy atom. The average molecular weight is 226 g/mol. The van der Waals surface area contributed by atoms with E-state index in [9.17, 15) is 4.79 Å². The molecule has 1 amide bonds. The van der Waals surface area contributed by atoms with E-state index in [1.807, 2.05) is 0 Å². The van der Waals surface area contributed by atoms with Crippen LogP contribution in [-0.2, 0) is 4.79 Å². The molecule has 3 heteroatoms. The molecule has 0 radical (unpaired) electrons. The molecule has 0 saturated heterocycles. The summed E-state index contributed by atoms with van der Waals surface area (Å²) in [7, 11) is 0. The largest absolute Gasteiger partial charge is 0.370 e. The lowest BCUT2D eigenvalue weighted by Gasteiger charge is -2.37. The van der Waals surface area contributed by atoms with Crippen LogP contribution in [0.1, 0.15) is 53.4 Å². The minimum atomic E-state index is -0.227. The van der Waals surface area contributed by atoms with Crippen LogP contribution in [0.15, 0.2) is 0 Å². The highest BCUT2D eigenvalue weighted by Crippen LogP contribution is 2.30. The van der Waals surface area contributed by atoms with Crippen LogP contribution in [0.4, 0.5) is 0 Å². The summed E-state index contributed by atoms with van der Waals surface area (Å²) in [5.74, 6) is 1.38. The van der Waals surface area contributed by atoms with Gasteiger partial charge in [0, 0.05) is 18.0 Å². The quantitative estimate of drug-likeness (QED) is 0.771. The van der Waals surface area contributed by atoms with E-state index in [1.165, 1.54) is 19.3 Å². The molecule has 0 aliphatic heterocycles. The fourth-order valence-corrected chi connectivity index (χ4v) is 2.72. The van der Waals surface area contributed by atoms with Gasteiger partial charge in [0.15, 0.2) is 0 Å². The van der Waals surface area contributed by atoms with Gasteiger partial charge in [0.1, 0.15) is 0 Å². The molecule has 0 aromatic rings. The topological polar surface area (TPSA) is 55.1 Å². The van der Waals surface area contributed by atoms with Crippen LogP contribution in [0.25, 0.3) is 0 Å². The Labute approximate surface area is 99.2 Å². The van der Waals surface area contributed by atoms with Gasteiger partial charge in [0.2, 0.25) is 5.91 Å². The number of nitrogens with one attached hydrogen (secondary N) is 1. The van der Waals surface area contributed by atoms with Crippen LogP contribution in [-0.4, -0.2) is 17.5 Å². The zero-order valence-corrected chi connectivity index (χ0v) is 11.0. The minimum absolute atomic E-state index is 0.170. The van der Waals surface area contributed by atoms with Crippen LogP contribution in [0, 0.1) is 11.8 Å². The maximum Gasteiger partial charge on any atom is 0.219 e. The van der Waals surface area contributed by atoms with Gasteiger partial charge in [-0.2, -0.15) is 0 Å². The van der Waals surface area contributed by atoms with Crippen LogP contribution in [0.2, 0.25) is 0 Å². The molecule has 3 nitrogen and oxygen atoms in total. The minimum Gasteiger partial charge on any atom is -0.370 e. The molecule has 1 saturated carbocycles. The summed E-state index contributed by atoms with van der Waals surface area (Å²) in [5, 5.41) is 3.58. The summed E-state index contributed by atoms with van der Waals surface area (Å²) >= 11 is 0. The summed E-state index contributed by atoms with van der Waals surface area (Å²) < 4.78 is 0. The van der Waals surface area contributed by atoms with Gasteiger partial charge in [0.05, 0.1) is 0 Å². The van der Waals surface area contributed by atoms with E-state index in [-0.39, 0.29) is 11.4 Å². The number of carbonyl (C=O) groups excluding carboxylic acids is 1. The van der Waals surface area contributed by atoms with Crippen molar-refractivity contribution < 1.29 is 4.79 Å². The Morgan fingerprint density at radius 3 is 2.44 bits per heavy atom. The first-order chi connectivity index (χ1) is 7.30. The Bertz CT molecular complexity index is 250. The normalized spacial score (nSPS) is 31.4. The second-order valence-electron chi connectivity index (χ2n) is 6.14. The lowest BCUT2D eigenvalue weighted by Crippen LogP contribution is -2.50. The van der Waals surface area contributed by atoms with Crippen molar-refractivity contribution in [2.75, 3.05) is 0 Å². The number of hydrogen-bond acceptors (Lipinski definition) is 2. The smallest absolute Gasteiger partial charge is 0.219 e. The van der Waals surface area contributed by atoms with Gasteiger partial charge in [-0.15, -0.1) is 0 Å². The molecule has 3 N–H and O–H groups in total. The third kappa shape index (κ3) is 4.12. The van der Waals surface area contributed by atoms with Gasteiger partial charge >= 0.3 is 0 Å². The molecule has 1 fully saturated rings. The van der Waals surface area contributed by atoms with Gasteiger partial charge in [-0.25, -0.2) is 0 Å².